The molecule has 0 spiro atoms. The van der Waals surface area contributed by atoms with Gasteiger partial charge in [0.05, 0.1) is 18.1 Å². The topological polar surface area (TPSA) is 84.0 Å². The lowest BCUT2D eigenvalue weighted by molar-refractivity contribution is 0.601. The first-order valence-electron chi connectivity index (χ1n) is 5.54. The van der Waals surface area contributed by atoms with Gasteiger partial charge < -0.3 is 5.32 Å². The van der Waals surface area contributed by atoms with Crippen molar-refractivity contribution in [2.45, 2.75) is 18.4 Å². The van der Waals surface area contributed by atoms with E-state index in [9.17, 15) is 8.42 Å². The van der Waals surface area contributed by atoms with Crippen LogP contribution in [0.25, 0.3) is 0 Å². The van der Waals surface area contributed by atoms with Gasteiger partial charge in [-0.2, -0.15) is 0 Å². The van der Waals surface area contributed by atoms with Crippen LogP contribution in [0.3, 0.4) is 0 Å². The maximum Gasteiger partial charge on any atom is 0.263 e. The minimum absolute atomic E-state index is 0.298. The zero-order valence-corrected chi connectivity index (χ0v) is 12.2. The van der Waals surface area contributed by atoms with Crippen molar-refractivity contribution in [1.29, 1.82) is 0 Å². The second kappa shape index (κ2) is 5.64. The summed E-state index contributed by atoms with van der Waals surface area (Å²) in [5, 5.41) is 3.00. The Balaban J connectivity index is 2.29. The first-order chi connectivity index (χ1) is 9.03. The quantitative estimate of drug-likeness (QED) is 0.871. The lowest BCUT2D eigenvalue weighted by atomic mass is 10.4. The van der Waals surface area contributed by atoms with Gasteiger partial charge in [0.2, 0.25) is 0 Å². The molecule has 0 aliphatic rings. The van der Waals surface area contributed by atoms with E-state index in [1.54, 1.807) is 13.0 Å². The molecule has 19 heavy (non-hydrogen) atoms. The molecule has 0 atom stereocenters. The lowest BCUT2D eigenvalue weighted by Crippen LogP contribution is -2.13. The Morgan fingerprint density at radius 3 is 2.63 bits per heavy atom. The van der Waals surface area contributed by atoms with Crippen molar-refractivity contribution >= 4 is 27.0 Å². The SMILES string of the molecule is CNCc1cc(S(=O)(=O)Nc2cncnc2)c(C)s1. The summed E-state index contributed by atoms with van der Waals surface area (Å²) in [7, 11) is -1.77. The number of aromatic nitrogens is 2. The predicted molar refractivity (Wildman–Crippen MR) is 74.7 cm³/mol. The first-order valence-corrected chi connectivity index (χ1v) is 7.84. The third kappa shape index (κ3) is 3.28. The average Bonchev–Trinajstić information content (AvgIpc) is 2.72. The number of thiophene rings is 1. The van der Waals surface area contributed by atoms with Crippen LogP contribution in [0.5, 0.6) is 0 Å². The number of nitrogens with one attached hydrogen (secondary N) is 2. The average molecular weight is 298 g/mol. The molecular weight excluding hydrogens is 284 g/mol. The highest BCUT2D eigenvalue weighted by Gasteiger charge is 2.20. The lowest BCUT2D eigenvalue weighted by Gasteiger charge is -2.06. The number of aryl methyl sites for hydroxylation is 1. The summed E-state index contributed by atoms with van der Waals surface area (Å²) >= 11 is 1.46. The third-order valence-electron chi connectivity index (χ3n) is 2.38. The predicted octanol–water partition coefficient (Wildman–Crippen LogP) is 1.37. The van der Waals surface area contributed by atoms with E-state index in [-0.39, 0.29) is 0 Å². The maximum atomic E-state index is 12.3. The number of rotatable bonds is 5. The molecule has 0 amide bonds. The van der Waals surface area contributed by atoms with Crippen LogP contribution in [-0.2, 0) is 16.6 Å². The smallest absolute Gasteiger partial charge is 0.263 e. The van der Waals surface area contributed by atoms with Gasteiger partial charge in [0.25, 0.3) is 10.0 Å². The highest BCUT2D eigenvalue weighted by Crippen LogP contribution is 2.27. The summed E-state index contributed by atoms with van der Waals surface area (Å²) in [5.41, 5.74) is 0.350. The minimum Gasteiger partial charge on any atom is -0.315 e. The summed E-state index contributed by atoms with van der Waals surface area (Å²) < 4.78 is 27.0. The summed E-state index contributed by atoms with van der Waals surface area (Å²) in [4.78, 5) is 9.58. The Morgan fingerprint density at radius 2 is 2.00 bits per heavy atom. The number of sulfonamides is 1. The van der Waals surface area contributed by atoms with Gasteiger partial charge in [-0.3, -0.25) is 4.72 Å². The molecule has 0 saturated heterocycles. The zero-order chi connectivity index (χ0) is 13.9. The molecule has 0 fully saturated rings. The molecule has 6 nitrogen and oxygen atoms in total. The van der Waals surface area contributed by atoms with Crippen molar-refractivity contribution in [3.8, 4) is 0 Å². The molecule has 2 aromatic heterocycles. The summed E-state index contributed by atoms with van der Waals surface area (Å²) in [6, 6.07) is 1.68. The van der Waals surface area contributed by atoms with Gasteiger partial charge in [-0.15, -0.1) is 11.3 Å². The molecule has 0 radical (unpaired) electrons. The highest BCUT2D eigenvalue weighted by molar-refractivity contribution is 7.93. The van der Waals surface area contributed by atoms with Gasteiger partial charge in [-0.05, 0) is 20.0 Å². The van der Waals surface area contributed by atoms with E-state index >= 15 is 0 Å². The van der Waals surface area contributed by atoms with Crippen LogP contribution in [0.1, 0.15) is 9.75 Å². The van der Waals surface area contributed by atoms with Crippen LogP contribution in [0, 0.1) is 6.92 Å². The van der Waals surface area contributed by atoms with Crippen LogP contribution in [0.4, 0.5) is 5.69 Å². The molecule has 8 heteroatoms. The number of nitrogens with zero attached hydrogens (tertiary/aromatic N) is 2. The van der Waals surface area contributed by atoms with E-state index in [1.807, 2.05) is 7.05 Å². The molecule has 2 heterocycles. The third-order valence-corrected chi connectivity index (χ3v) is 5.06. The van der Waals surface area contributed by atoms with Crippen LogP contribution >= 0.6 is 11.3 Å². The first kappa shape index (κ1) is 13.9. The fraction of sp³-hybridized carbons (Fsp3) is 0.273. The van der Waals surface area contributed by atoms with Crippen LogP contribution in [-0.4, -0.2) is 25.4 Å². The van der Waals surface area contributed by atoms with E-state index in [0.717, 1.165) is 9.75 Å². The van der Waals surface area contributed by atoms with Crippen molar-refractivity contribution in [1.82, 2.24) is 15.3 Å². The van der Waals surface area contributed by atoms with Crippen LogP contribution < -0.4 is 10.0 Å². The fourth-order valence-corrected chi connectivity index (χ4v) is 4.29. The summed E-state index contributed by atoms with van der Waals surface area (Å²) in [5.74, 6) is 0. The van der Waals surface area contributed by atoms with E-state index in [2.05, 4.69) is 20.0 Å². The van der Waals surface area contributed by atoms with Gasteiger partial charge in [0, 0.05) is 16.3 Å². The Hall–Kier alpha value is -1.51. The molecule has 0 aliphatic heterocycles. The Morgan fingerprint density at radius 1 is 1.32 bits per heavy atom. The van der Waals surface area contributed by atoms with Gasteiger partial charge >= 0.3 is 0 Å². The van der Waals surface area contributed by atoms with Crippen molar-refractivity contribution in [2.75, 3.05) is 11.8 Å². The van der Waals surface area contributed by atoms with Gasteiger partial charge in [0.1, 0.15) is 11.2 Å². The molecule has 2 aromatic rings. The number of hydrogen-bond acceptors (Lipinski definition) is 6. The van der Waals surface area contributed by atoms with Crippen molar-refractivity contribution in [3.05, 3.63) is 34.5 Å². The minimum atomic E-state index is -3.59. The molecule has 2 rings (SSSR count). The van der Waals surface area contributed by atoms with Crippen LogP contribution in [0.15, 0.2) is 29.7 Å². The number of anilines is 1. The molecule has 0 aliphatic carbocycles. The normalized spacial score (nSPS) is 11.5. The summed E-state index contributed by atoms with van der Waals surface area (Å²) in [6.07, 6.45) is 4.18. The molecule has 2 N–H and O–H groups in total. The van der Waals surface area contributed by atoms with Gasteiger partial charge in [-0.1, -0.05) is 0 Å². The second-order valence-electron chi connectivity index (χ2n) is 3.90. The van der Waals surface area contributed by atoms with E-state index < -0.39 is 10.0 Å². The Bertz CT molecular complexity index is 653. The molecule has 0 saturated carbocycles. The van der Waals surface area contributed by atoms with E-state index in [4.69, 9.17) is 0 Å². The standard InChI is InChI=1S/C11H14N4O2S2/c1-8-11(3-10(18-8)6-12-2)19(16,17)15-9-4-13-7-14-5-9/h3-5,7,12,15H,6H2,1-2H3. The maximum absolute atomic E-state index is 12.3. The number of hydrogen-bond donors (Lipinski definition) is 2. The fourth-order valence-electron chi connectivity index (χ4n) is 1.61. The van der Waals surface area contributed by atoms with Crippen LogP contribution in [0.2, 0.25) is 0 Å². The highest BCUT2D eigenvalue weighted by atomic mass is 32.2. The Kier molecular flexibility index (Phi) is 4.13. The monoisotopic (exact) mass is 298 g/mol. The van der Waals surface area contributed by atoms with Gasteiger partial charge in [0.15, 0.2) is 0 Å². The van der Waals surface area contributed by atoms with Gasteiger partial charge in [-0.25, -0.2) is 18.4 Å². The largest absolute Gasteiger partial charge is 0.315 e. The summed E-state index contributed by atoms with van der Waals surface area (Å²) in [6.45, 7) is 2.44. The van der Waals surface area contributed by atoms with Crippen molar-refractivity contribution in [3.63, 3.8) is 0 Å². The Labute approximate surface area is 116 Å². The molecule has 102 valence electrons. The van der Waals surface area contributed by atoms with E-state index in [1.165, 1.54) is 30.1 Å². The van der Waals surface area contributed by atoms with Crippen molar-refractivity contribution < 1.29 is 8.42 Å². The molecular formula is C11H14N4O2S2. The molecule has 0 bridgehead atoms. The van der Waals surface area contributed by atoms with Crippen molar-refractivity contribution in [2.24, 2.45) is 0 Å². The molecule has 0 aromatic carbocycles. The molecule has 0 unspecified atom stereocenters. The second-order valence-corrected chi connectivity index (χ2v) is 6.89. The zero-order valence-electron chi connectivity index (χ0n) is 10.5. The van der Waals surface area contributed by atoms with E-state index in [0.29, 0.717) is 17.1 Å².